The molecule has 0 bridgehead atoms. The molecule has 1 saturated carbocycles. The van der Waals surface area contributed by atoms with Gasteiger partial charge in [0.25, 0.3) is 0 Å². The van der Waals surface area contributed by atoms with Gasteiger partial charge in [0.2, 0.25) is 0 Å². The highest BCUT2D eigenvalue weighted by molar-refractivity contribution is 5.96. The summed E-state index contributed by atoms with van der Waals surface area (Å²) in [7, 11) is 0. The van der Waals surface area contributed by atoms with Crippen molar-refractivity contribution in [2.75, 3.05) is 6.54 Å². The second kappa shape index (κ2) is 6.12. The van der Waals surface area contributed by atoms with Crippen molar-refractivity contribution in [3.8, 4) is 0 Å². The lowest BCUT2D eigenvalue weighted by atomic mass is 9.62. The summed E-state index contributed by atoms with van der Waals surface area (Å²) in [6.45, 7) is -0.0818. The molecule has 1 heterocycles. The van der Waals surface area contributed by atoms with Gasteiger partial charge in [-0.3, -0.25) is 4.79 Å². The van der Waals surface area contributed by atoms with Gasteiger partial charge in [0.05, 0.1) is 12.1 Å². The van der Waals surface area contributed by atoms with E-state index in [1.807, 2.05) is 0 Å². The average Bonchev–Trinajstić information content (AvgIpc) is 2.53. The van der Waals surface area contributed by atoms with Crippen LogP contribution >= 0.6 is 0 Å². The lowest BCUT2D eigenvalue weighted by Gasteiger charge is -2.42. The molecule has 0 spiro atoms. The van der Waals surface area contributed by atoms with Crippen molar-refractivity contribution in [3.63, 3.8) is 0 Å². The van der Waals surface area contributed by atoms with E-state index in [9.17, 15) is 13.6 Å². The van der Waals surface area contributed by atoms with Crippen LogP contribution in [-0.2, 0) is 11.8 Å². The van der Waals surface area contributed by atoms with Gasteiger partial charge in [-0.05, 0) is 30.5 Å². The van der Waals surface area contributed by atoms with Gasteiger partial charge in [0.1, 0.15) is 5.82 Å². The first-order valence-electron chi connectivity index (χ1n) is 7.54. The quantitative estimate of drug-likeness (QED) is 0.861. The van der Waals surface area contributed by atoms with Crippen molar-refractivity contribution < 1.29 is 13.6 Å². The number of hydrogen-bond donors (Lipinski definition) is 1. The Morgan fingerprint density at radius 2 is 1.87 bits per heavy atom. The van der Waals surface area contributed by atoms with Gasteiger partial charge >= 0.3 is 0 Å². The van der Waals surface area contributed by atoms with Gasteiger partial charge in [0.15, 0.2) is 17.4 Å². The lowest BCUT2D eigenvalue weighted by molar-refractivity contribution is 0.100. The zero-order valence-corrected chi connectivity index (χ0v) is 12.6. The Labute approximate surface area is 132 Å². The minimum absolute atomic E-state index is 0.0818. The van der Waals surface area contributed by atoms with Crippen molar-refractivity contribution in [3.05, 3.63) is 59.2 Å². The van der Waals surface area contributed by atoms with E-state index >= 15 is 0 Å². The van der Waals surface area contributed by atoms with E-state index in [1.54, 1.807) is 6.07 Å². The van der Waals surface area contributed by atoms with Crippen LogP contribution in [0, 0.1) is 11.6 Å². The molecule has 1 fully saturated rings. The first kappa shape index (κ1) is 15.7. The minimum Gasteiger partial charge on any atom is -0.324 e. The summed E-state index contributed by atoms with van der Waals surface area (Å²) in [5.74, 6) is -1.30. The van der Waals surface area contributed by atoms with Crippen LogP contribution in [-0.4, -0.2) is 22.3 Å². The number of carbonyl (C=O) groups is 1. The molecule has 1 aromatic heterocycles. The van der Waals surface area contributed by atoms with Gasteiger partial charge in [0, 0.05) is 24.2 Å². The summed E-state index contributed by atoms with van der Waals surface area (Å²) in [4.78, 5) is 19.9. The smallest absolute Gasteiger partial charge is 0.179 e. The number of aromatic nitrogens is 2. The second-order valence-corrected chi connectivity index (χ2v) is 5.95. The number of nitrogens with two attached hydrogens (primary N) is 1. The Kier molecular flexibility index (Phi) is 4.17. The first-order valence-corrected chi connectivity index (χ1v) is 7.54. The van der Waals surface area contributed by atoms with E-state index in [1.165, 1.54) is 18.5 Å². The SMILES string of the molecule is NCC(=O)c1cnc(CC2(c3ccc(F)c(F)c3)CCC2)nc1. The van der Waals surface area contributed by atoms with Crippen molar-refractivity contribution in [1.29, 1.82) is 0 Å². The zero-order valence-electron chi connectivity index (χ0n) is 12.6. The van der Waals surface area contributed by atoms with E-state index in [-0.39, 0.29) is 17.7 Å². The molecule has 120 valence electrons. The highest BCUT2D eigenvalue weighted by Gasteiger charge is 2.40. The van der Waals surface area contributed by atoms with Crippen LogP contribution in [0.4, 0.5) is 8.78 Å². The number of nitrogens with zero attached hydrogens (tertiary/aromatic N) is 2. The number of benzene rings is 1. The van der Waals surface area contributed by atoms with Crippen LogP contribution in [0.15, 0.2) is 30.6 Å². The van der Waals surface area contributed by atoms with E-state index in [2.05, 4.69) is 9.97 Å². The van der Waals surface area contributed by atoms with Crippen LogP contribution in [0.3, 0.4) is 0 Å². The first-order chi connectivity index (χ1) is 11.0. The predicted octanol–water partition coefficient (Wildman–Crippen LogP) is 2.56. The molecule has 1 aromatic carbocycles. The second-order valence-electron chi connectivity index (χ2n) is 5.95. The van der Waals surface area contributed by atoms with Crippen molar-refractivity contribution >= 4 is 5.78 Å². The fourth-order valence-electron chi connectivity index (χ4n) is 3.01. The molecule has 1 aliphatic rings. The fraction of sp³-hybridized carbons (Fsp3) is 0.353. The molecular formula is C17H17F2N3O. The summed E-state index contributed by atoms with van der Waals surface area (Å²) >= 11 is 0. The number of halogens is 2. The van der Waals surface area contributed by atoms with Crippen LogP contribution in [0.5, 0.6) is 0 Å². The summed E-state index contributed by atoms with van der Waals surface area (Å²) < 4.78 is 26.7. The van der Waals surface area contributed by atoms with Crippen molar-refractivity contribution in [2.24, 2.45) is 5.73 Å². The maximum atomic E-state index is 13.5. The standard InChI is InChI=1S/C17H17F2N3O/c18-13-3-2-12(6-14(13)19)17(4-1-5-17)7-16-21-9-11(10-22-16)15(23)8-20/h2-3,6,9-10H,1,4-5,7-8,20H2. The molecule has 0 aliphatic heterocycles. The van der Waals surface area contributed by atoms with Crippen LogP contribution in [0.1, 0.15) is 41.0 Å². The Bertz CT molecular complexity index is 727. The Morgan fingerprint density at radius 1 is 1.17 bits per heavy atom. The Hall–Kier alpha value is -2.21. The number of ketones is 1. The maximum absolute atomic E-state index is 13.5. The maximum Gasteiger partial charge on any atom is 0.179 e. The molecule has 1 aliphatic carbocycles. The number of carbonyl (C=O) groups excluding carboxylic acids is 1. The monoisotopic (exact) mass is 317 g/mol. The Morgan fingerprint density at radius 3 is 2.39 bits per heavy atom. The van der Waals surface area contributed by atoms with E-state index in [0.717, 1.165) is 30.9 Å². The average molecular weight is 317 g/mol. The molecule has 0 unspecified atom stereocenters. The summed E-state index contributed by atoms with van der Waals surface area (Å²) in [6, 6.07) is 4.05. The molecule has 0 atom stereocenters. The topological polar surface area (TPSA) is 68.9 Å². The van der Waals surface area contributed by atoms with E-state index in [4.69, 9.17) is 5.73 Å². The molecule has 0 amide bonds. The molecule has 0 radical (unpaired) electrons. The normalized spacial score (nSPS) is 16.0. The van der Waals surface area contributed by atoms with Gasteiger partial charge in [-0.1, -0.05) is 12.5 Å². The van der Waals surface area contributed by atoms with Crippen LogP contribution in [0.25, 0.3) is 0 Å². The number of Topliss-reactive ketones (excluding diaryl/α,β-unsaturated/α-hetero) is 1. The Balaban J connectivity index is 1.84. The molecule has 2 aromatic rings. The highest BCUT2D eigenvalue weighted by atomic mass is 19.2. The number of rotatable bonds is 5. The third-order valence-corrected chi connectivity index (χ3v) is 4.55. The largest absolute Gasteiger partial charge is 0.324 e. The highest BCUT2D eigenvalue weighted by Crippen LogP contribution is 2.46. The molecular weight excluding hydrogens is 300 g/mol. The van der Waals surface area contributed by atoms with Crippen LogP contribution in [0.2, 0.25) is 0 Å². The predicted molar refractivity (Wildman–Crippen MR) is 81.0 cm³/mol. The lowest BCUT2D eigenvalue weighted by Crippen LogP contribution is -2.37. The molecule has 6 heteroatoms. The number of hydrogen-bond acceptors (Lipinski definition) is 4. The zero-order chi connectivity index (χ0) is 16.4. The summed E-state index contributed by atoms with van der Waals surface area (Å²) in [6.07, 6.45) is 6.26. The minimum atomic E-state index is -0.843. The van der Waals surface area contributed by atoms with E-state index < -0.39 is 11.6 Å². The van der Waals surface area contributed by atoms with Gasteiger partial charge in [-0.2, -0.15) is 0 Å². The fourth-order valence-corrected chi connectivity index (χ4v) is 3.01. The van der Waals surface area contributed by atoms with Crippen molar-refractivity contribution in [2.45, 2.75) is 31.1 Å². The summed E-state index contributed by atoms with van der Waals surface area (Å²) in [5.41, 5.74) is 6.20. The molecule has 3 rings (SSSR count). The molecule has 23 heavy (non-hydrogen) atoms. The third kappa shape index (κ3) is 2.99. The molecule has 4 nitrogen and oxygen atoms in total. The third-order valence-electron chi connectivity index (χ3n) is 4.55. The molecule has 0 saturated heterocycles. The van der Waals surface area contributed by atoms with Gasteiger partial charge < -0.3 is 5.73 Å². The molecule has 2 N–H and O–H groups in total. The van der Waals surface area contributed by atoms with Crippen molar-refractivity contribution in [1.82, 2.24) is 9.97 Å². The summed E-state index contributed by atoms with van der Waals surface area (Å²) in [5, 5.41) is 0. The van der Waals surface area contributed by atoms with E-state index in [0.29, 0.717) is 17.8 Å². The van der Waals surface area contributed by atoms with Crippen LogP contribution < -0.4 is 5.73 Å². The van der Waals surface area contributed by atoms with Gasteiger partial charge in [-0.15, -0.1) is 0 Å². The van der Waals surface area contributed by atoms with Gasteiger partial charge in [-0.25, -0.2) is 18.7 Å².